The summed E-state index contributed by atoms with van der Waals surface area (Å²) in [6.07, 6.45) is -13.2. The highest BCUT2D eigenvalue weighted by Gasteiger charge is 2.30. The molecule has 0 saturated carbocycles. The SMILES string of the molecule is C=C(C)C(=O)O.N=C(N)NN.O=C[C@H](O)[C@@H](O)[C@H](O)[C@H](O)CO.OC[C@@H](O)[C@@H](O)[C@H](O)[C@@H](O)CO. The summed E-state index contributed by atoms with van der Waals surface area (Å²) in [7, 11) is 0. The number of hydrazine groups is 1. The monoisotopic (exact) mass is 522 g/mol. The quantitative estimate of drug-likeness (QED) is 0.0299. The van der Waals surface area contributed by atoms with Gasteiger partial charge in [0.2, 0.25) is 0 Å². The van der Waals surface area contributed by atoms with Crippen molar-refractivity contribution in [2.75, 3.05) is 19.8 Å². The molecule has 0 bridgehead atoms. The van der Waals surface area contributed by atoms with Crippen LogP contribution in [0.15, 0.2) is 12.2 Å². The third kappa shape index (κ3) is 21.9. The van der Waals surface area contributed by atoms with Crippen LogP contribution >= 0.6 is 0 Å². The van der Waals surface area contributed by atoms with E-state index in [1.807, 2.05) is 5.43 Å². The van der Waals surface area contributed by atoms with Gasteiger partial charge in [0, 0.05) is 5.57 Å². The van der Waals surface area contributed by atoms with Gasteiger partial charge in [-0.25, -0.2) is 10.6 Å². The lowest BCUT2D eigenvalue weighted by Gasteiger charge is -2.24. The first kappa shape index (κ1) is 39.9. The van der Waals surface area contributed by atoms with Gasteiger partial charge in [0.15, 0.2) is 12.2 Å². The lowest BCUT2D eigenvalue weighted by Crippen LogP contribution is -2.46. The number of carbonyl (C=O) groups is 2. The molecule has 18 heteroatoms. The molecule has 0 radical (unpaired) electrons. The molecule has 0 aromatic heterocycles. The van der Waals surface area contributed by atoms with Gasteiger partial charge in [0.1, 0.15) is 48.8 Å². The van der Waals surface area contributed by atoms with E-state index in [2.05, 4.69) is 18.2 Å². The average Bonchev–Trinajstić information content (AvgIpc) is 2.85. The standard InChI is InChI=1S/C6H14O6.C6H12O6.C4H6O2.CH6N4/c2*7-1-3(9)5(11)6(12)4(10)2-8;1-3(2)4(5)6;2-1(3)5-4/h3-12H,1-2H2;1,3-6,8-12H,2H2;1H2,2H3,(H,5,6);4H2,(H4,2,3,5)/t3-,4+,5-,6-;3-,4+,5+,6+;;/m10../s1. The Morgan fingerprint density at radius 3 is 1.23 bits per heavy atom. The van der Waals surface area contributed by atoms with Crippen LogP contribution in [0.3, 0.4) is 0 Å². The fraction of sp³-hybridized carbons (Fsp3) is 0.706. The molecule has 0 saturated heterocycles. The molecule has 0 fully saturated rings. The Hall–Kier alpha value is -2.33. The molecule has 0 heterocycles. The average molecular weight is 523 g/mol. The lowest BCUT2D eigenvalue weighted by atomic mass is 10.0. The number of nitrogens with two attached hydrogens (primary N) is 2. The second-order valence-corrected chi connectivity index (χ2v) is 6.48. The van der Waals surface area contributed by atoms with E-state index >= 15 is 0 Å². The zero-order chi connectivity index (χ0) is 28.9. The molecule has 35 heavy (non-hydrogen) atoms. The summed E-state index contributed by atoms with van der Waals surface area (Å²) in [5.74, 6) is 3.42. The predicted molar refractivity (Wildman–Crippen MR) is 117 cm³/mol. The molecule has 18 N–H and O–H groups in total. The molecular weight excluding hydrogens is 484 g/mol. The van der Waals surface area contributed by atoms with Gasteiger partial charge in [-0.3, -0.25) is 10.8 Å². The molecular formula is C17H38N4O14. The Bertz CT molecular complexity index is 559. The first-order chi connectivity index (χ1) is 16.0. The van der Waals surface area contributed by atoms with Crippen LogP contribution in [0.4, 0.5) is 0 Å². The van der Waals surface area contributed by atoms with Gasteiger partial charge in [-0.15, -0.1) is 0 Å². The third-order valence-electron chi connectivity index (χ3n) is 3.45. The molecule has 0 aromatic carbocycles. The van der Waals surface area contributed by atoms with Crippen molar-refractivity contribution >= 4 is 18.2 Å². The minimum Gasteiger partial charge on any atom is -0.478 e. The second-order valence-electron chi connectivity index (χ2n) is 6.48. The van der Waals surface area contributed by atoms with E-state index in [4.69, 9.17) is 66.7 Å². The zero-order valence-electron chi connectivity index (χ0n) is 18.9. The van der Waals surface area contributed by atoms with Crippen molar-refractivity contribution in [2.24, 2.45) is 11.6 Å². The summed E-state index contributed by atoms with van der Waals surface area (Å²) in [5.41, 5.74) is 6.70. The number of carboxylic acids is 1. The van der Waals surface area contributed by atoms with Crippen molar-refractivity contribution in [2.45, 2.75) is 55.8 Å². The van der Waals surface area contributed by atoms with Crippen LogP contribution < -0.4 is 17.0 Å². The van der Waals surface area contributed by atoms with Crippen LogP contribution in [0.25, 0.3) is 0 Å². The largest absolute Gasteiger partial charge is 0.478 e. The van der Waals surface area contributed by atoms with E-state index in [0.29, 0.717) is 0 Å². The fourth-order valence-corrected chi connectivity index (χ4v) is 1.29. The summed E-state index contributed by atoms with van der Waals surface area (Å²) >= 11 is 0. The van der Waals surface area contributed by atoms with Gasteiger partial charge in [-0.2, -0.15) is 0 Å². The van der Waals surface area contributed by atoms with Crippen LogP contribution in [0.1, 0.15) is 6.92 Å². The molecule has 0 spiro atoms. The van der Waals surface area contributed by atoms with E-state index in [-0.39, 0.29) is 17.8 Å². The zero-order valence-corrected chi connectivity index (χ0v) is 18.9. The number of hydrogen-bond donors (Lipinski definition) is 16. The molecule has 210 valence electrons. The number of hydrogen-bond acceptors (Lipinski definition) is 15. The summed E-state index contributed by atoms with van der Waals surface area (Å²) in [5, 5.41) is 110. The molecule has 0 amide bonds. The molecule has 0 unspecified atom stereocenters. The van der Waals surface area contributed by atoms with Crippen molar-refractivity contribution in [3.05, 3.63) is 12.2 Å². The van der Waals surface area contributed by atoms with Crippen molar-refractivity contribution in [3.63, 3.8) is 0 Å². The highest BCUT2D eigenvalue weighted by Crippen LogP contribution is 2.04. The second kappa shape index (κ2) is 23.4. The minimum atomic E-state index is -1.79. The number of carbonyl (C=O) groups excluding carboxylic acids is 1. The maximum atomic E-state index is 9.90. The van der Waals surface area contributed by atoms with E-state index in [9.17, 15) is 9.59 Å². The normalized spacial score (nSPS) is 16.8. The van der Waals surface area contributed by atoms with Crippen LogP contribution in [-0.4, -0.2) is 148 Å². The van der Waals surface area contributed by atoms with Gasteiger partial charge in [0.05, 0.1) is 19.8 Å². The van der Waals surface area contributed by atoms with E-state index in [1.54, 1.807) is 0 Å². The maximum Gasteiger partial charge on any atom is 0.330 e. The molecule has 0 rings (SSSR count). The van der Waals surface area contributed by atoms with Crippen LogP contribution in [0, 0.1) is 5.41 Å². The van der Waals surface area contributed by atoms with Crippen molar-refractivity contribution in [1.29, 1.82) is 5.41 Å². The summed E-state index contributed by atoms with van der Waals surface area (Å²) in [6.45, 7) is 2.39. The summed E-state index contributed by atoms with van der Waals surface area (Å²) in [6, 6.07) is 0. The van der Waals surface area contributed by atoms with Gasteiger partial charge in [-0.05, 0) is 6.92 Å². The minimum absolute atomic E-state index is 0.0258. The number of aliphatic hydroxyl groups excluding tert-OH is 11. The Kier molecular flexibility index (Phi) is 26.7. The highest BCUT2D eigenvalue weighted by atomic mass is 16.4. The highest BCUT2D eigenvalue weighted by molar-refractivity contribution is 5.84. The summed E-state index contributed by atoms with van der Waals surface area (Å²) in [4.78, 5) is 19.5. The van der Waals surface area contributed by atoms with Crippen molar-refractivity contribution in [3.8, 4) is 0 Å². The van der Waals surface area contributed by atoms with E-state index in [1.165, 1.54) is 6.92 Å². The predicted octanol–water partition coefficient (Wildman–Crippen LogP) is -7.97. The van der Waals surface area contributed by atoms with Gasteiger partial charge >= 0.3 is 5.97 Å². The Balaban J connectivity index is -0.000000196. The van der Waals surface area contributed by atoms with Crippen LogP contribution in [-0.2, 0) is 9.59 Å². The lowest BCUT2D eigenvalue weighted by molar-refractivity contribution is -0.136. The number of aliphatic hydroxyl groups is 11. The van der Waals surface area contributed by atoms with Crippen LogP contribution in [0.2, 0.25) is 0 Å². The Morgan fingerprint density at radius 2 is 1.09 bits per heavy atom. The molecule has 18 nitrogen and oxygen atoms in total. The van der Waals surface area contributed by atoms with Crippen molar-refractivity contribution in [1.82, 2.24) is 5.43 Å². The number of aldehydes is 1. The number of aliphatic carboxylic acids is 1. The van der Waals surface area contributed by atoms with Crippen LogP contribution in [0.5, 0.6) is 0 Å². The number of nitrogens with one attached hydrogen (secondary N) is 2. The first-order valence-corrected chi connectivity index (χ1v) is 9.42. The molecule has 0 aliphatic rings. The first-order valence-electron chi connectivity index (χ1n) is 9.42. The summed E-state index contributed by atoms with van der Waals surface area (Å²) < 4.78 is 0. The van der Waals surface area contributed by atoms with E-state index < -0.39 is 74.6 Å². The fourth-order valence-electron chi connectivity index (χ4n) is 1.29. The topological polar surface area (TPSA) is 365 Å². The van der Waals surface area contributed by atoms with E-state index in [0.717, 1.165) is 0 Å². The Labute approximate surface area is 200 Å². The van der Waals surface area contributed by atoms with Crippen molar-refractivity contribution < 1.29 is 70.9 Å². The van der Waals surface area contributed by atoms with Gasteiger partial charge < -0.3 is 71.8 Å². The molecule has 8 atom stereocenters. The molecule has 0 aromatic rings. The third-order valence-corrected chi connectivity index (χ3v) is 3.45. The molecule has 0 aliphatic carbocycles. The maximum absolute atomic E-state index is 9.90. The van der Waals surface area contributed by atoms with Gasteiger partial charge in [0.25, 0.3) is 0 Å². The number of guanidine groups is 1. The number of carboxylic acid groups (broad SMARTS) is 1. The molecule has 0 aliphatic heterocycles. The smallest absolute Gasteiger partial charge is 0.330 e. The number of rotatable bonds is 11. The van der Waals surface area contributed by atoms with Gasteiger partial charge in [-0.1, -0.05) is 6.58 Å². The Morgan fingerprint density at radius 1 is 0.857 bits per heavy atom.